The Labute approximate surface area is 165 Å². The van der Waals surface area contributed by atoms with Gasteiger partial charge in [-0.3, -0.25) is 4.79 Å². The average molecular weight is 381 g/mol. The lowest BCUT2D eigenvalue weighted by Crippen LogP contribution is -2.62. The van der Waals surface area contributed by atoms with Crippen LogP contribution in [0.3, 0.4) is 0 Å². The Bertz CT molecular complexity index is 782. The van der Waals surface area contributed by atoms with E-state index in [1.807, 2.05) is 24.3 Å². The van der Waals surface area contributed by atoms with Crippen LogP contribution in [-0.2, 0) is 9.47 Å². The van der Waals surface area contributed by atoms with Crippen molar-refractivity contribution in [2.75, 3.05) is 7.11 Å². The topological polar surface area (TPSA) is 67.8 Å². The molecule has 6 atom stereocenters. The number of carbonyl (C=O) groups is 1. The minimum absolute atomic E-state index is 0.0357. The number of hydrogen-bond donors (Lipinski definition) is 2. The van der Waals surface area contributed by atoms with E-state index in [1.165, 1.54) is 5.56 Å². The highest BCUT2D eigenvalue weighted by Crippen LogP contribution is 2.43. The average Bonchev–Trinajstić information content (AvgIpc) is 2.76. The molecule has 28 heavy (non-hydrogen) atoms. The van der Waals surface area contributed by atoms with E-state index in [9.17, 15) is 9.90 Å². The molecule has 1 heterocycles. The molecule has 1 aliphatic heterocycles. The van der Waals surface area contributed by atoms with E-state index in [4.69, 9.17) is 9.47 Å². The Kier molecular flexibility index (Phi) is 5.76. The minimum atomic E-state index is -0.720. The maximum atomic E-state index is 12.6. The summed E-state index contributed by atoms with van der Waals surface area (Å²) in [5.41, 5.74) is 1.85. The first-order valence-corrected chi connectivity index (χ1v) is 9.94. The molecule has 2 aromatic rings. The van der Waals surface area contributed by atoms with Gasteiger partial charge >= 0.3 is 0 Å². The second kappa shape index (κ2) is 8.43. The molecule has 0 spiro atoms. The molecular formula is C23H27NO4. The zero-order valence-electron chi connectivity index (χ0n) is 16.0. The molecule has 1 aliphatic carbocycles. The van der Waals surface area contributed by atoms with E-state index in [-0.39, 0.29) is 17.9 Å². The molecule has 0 aromatic heterocycles. The number of nitrogens with one attached hydrogen (secondary N) is 1. The quantitative estimate of drug-likeness (QED) is 0.854. The van der Waals surface area contributed by atoms with Crippen molar-refractivity contribution >= 4 is 5.91 Å². The number of carbonyl (C=O) groups excluding carboxylic acids is 1. The first-order chi connectivity index (χ1) is 13.7. The summed E-state index contributed by atoms with van der Waals surface area (Å²) in [6, 6.07) is 18.8. The summed E-state index contributed by atoms with van der Waals surface area (Å²) in [6.45, 7) is 0. The van der Waals surface area contributed by atoms with Crippen LogP contribution in [0.1, 0.15) is 41.1 Å². The number of rotatable bonds is 4. The van der Waals surface area contributed by atoms with E-state index < -0.39 is 18.4 Å². The van der Waals surface area contributed by atoms with Gasteiger partial charge in [-0.25, -0.2) is 0 Å². The van der Waals surface area contributed by atoms with E-state index >= 15 is 0 Å². The van der Waals surface area contributed by atoms with Crippen molar-refractivity contribution in [3.05, 3.63) is 71.8 Å². The third-order valence-corrected chi connectivity index (χ3v) is 6.08. The second-order valence-corrected chi connectivity index (χ2v) is 7.72. The van der Waals surface area contributed by atoms with Crippen molar-refractivity contribution in [1.82, 2.24) is 5.32 Å². The van der Waals surface area contributed by atoms with Crippen molar-refractivity contribution in [3.8, 4) is 0 Å². The highest BCUT2D eigenvalue weighted by Gasteiger charge is 2.48. The van der Waals surface area contributed by atoms with Crippen molar-refractivity contribution in [2.45, 2.75) is 49.7 Å². The zero-order valence-corrected chi connectivity index (χ0v) is 16.0. The Hall–Kier alpha value is -2.21. The molecule has 1 amide bonds. The Morgan fingerprint density at radius 2 is 1.75 bits per heavy atom. The molecule has 5 heteroatoms. The highest BCUT2D eigenvalue weighted by molar-refractivity contribution is 5.94. The van der Waals surface area contributed by atoms with Crippen molar-refractivity contribution in [2.24, 2.45) is 5.92 Å². The summed E-state index contributed by atoms with van der Waals surface area (Å²) in [5.74, 6) is 0.126. The zero-order chi connectivity index (χ0) is 19.5. The van der Waals surface area contributed by atoms with Crippen LogP contribution in [-0.4, -0.2) is 42.7 Å². The van der Waals surface area contributed by atoms with Gasteiger partial charge in [0.15, 0.2) is 6.29 Å². The molecule has 148 valence electrons. The van der Waals surface area contributed by atoms with Crippen LogP contribution >= 0.6 is 0 Å². The lowest BCUT2D eigenvalue weighted by Gasteiger charge is -2.48. The number of aliphatic hydroxyl groups excluding tert-OH is 1. The predicted octanol–water partition coefficient (Wildman–Crippen LogP) is 3.10. The number of benzene rings is 2. The molecule has 2 aliphatic rings. The molecular weight excluding hydrogens is 354 g/mol. The van der Waals surface area contributed by atoms with Crippen LogP contribution in [0.4, 0.5) is 0 Å². The number of fused-ring (bicyclic) bond motifs is 1. The minimum Gasteiger partial charge on any atom is -0.390 e. The number of hydrogen-bond acceptors (Lipinski definition) is 4. The molecule has 0 radical (unpaired) electrons. The first-order valence-electron chi connectivity index (χ1n) is 9.94. The van der Waals surface area contributed by atoms with E-state index in [0.29, 0.717) is 11.5 Å². The van der Waals surface area contributed by atoms with Gasteiger partial charge in [0.25, 0.3) is 5.91 Å². The van der Waals surface area contributed by atoms with Gasteiger partial charge in [0, 0.05) is 18.6 Å². The summed E-state index contributed by atoms with van der Waals surface area (Å²) in [7, 11) is 1.55. The summed E-state index contributed by atoms with van der Waals surface area (Å²) >= 11 is 0. The van der Waals surface area contributed by atoms with Crippen LogP contribution in [0.25, 0.3) is 0 Å². The molecule has 1 saturated carbocycles. The third-order valence-electron chi connectivity index (χ3n) is 6.08. The fourth-order valence-electron chi connectivity index (χ4n) is 4.60. The standard InChI is InChI=1S/C23H27NO4/c1-27-23-20(24-22(26)16-10-6-3-7-11-16)21(25)18-14-17(12-13-19(18)28-23)15-8-4-2-5-9-15/h2-11,17-21,23,25H,12-14H2,1H3,(H,24,26)/t17-,18-,19+,20+,21-,23+/m0/s1. The SMILES string of the molecule is CO[C@@H]1O[C@@H]2CC[C@H](c3ccccc3)C[C@@H]2[C@H](O)[C@H]1NC(=O)c1ccccc1. The molecule has 5 nitrogen and oxygen atoms in total. The Balaban J connectivity index is 1.50. The summed E-state index contributed by atoms with van der Waals surface area (Å²) < 4.78 is 11.6. The van der Waals surface area contributed by atoms with Crippen LogP contribution < -0.4 is 5.32 Å². The summed E-state index contributed by atoms with van der Waals surface area (Å²) in [5, 5.41) is 14.1. The van der Waals surface area contributed by atoms with Crippen molar-refractivity contribution in [3.63, 3.8) is 0 Å². The van der Waals surface area contributed by atoms with Crippen LogP contribution in [0, 0.1) is 5.92 Å². The van der Waals surface area contributed by atoms with E-state index in [0.717, 1.165) is 19.3 Å². The fraction of sp³-hybridized carbons (Fsp3) is 0.435. The predicted molar refractivity (Wildman–Crippen MR) is 106 cm³/mol. The van der Waals surface area contributed by atoms with Crippen LogP contribution in [0.2, 0.25) is 0 Å². The molecule has 2 N–H and O–H groups in total. The van der Waals surface area contributed by atoms with Gasteiger partial charge in [0.05, 0.1) is 12.2 Å². The van der Waals surface area contributed by atoms with Gasteiger partial charge in [-0.05, 0) is 42.9 Å². The van der Waals surface area contributed by atoms with E-state index in [1.54, 1.807) is 19.2 Å². The lowest BCUT2D eigenvalue weighted by molar-refractivity contribution is -0.248. The highest BCUT2D eigenvalue weighted by atomic mass is 16.7. The van der Waals surface area contributed by atoms with Gasteiger partial charge in [0.2, 0.25) is 0 Å². The van der Waals surface area contributed by atoms with Crippen molar-refractivity contribution in [1.29, 1.82) is 0 Å². The van der Waals surface area contributed by atoms with Gasteiger partial charge in [0.1, 0.15) is 6.04 Å². The first kappa shape index (κ1) is 19.1. The number of amides is 1. The Morgan fingerprint density at radius 3 is 2.43 bits per heavy atom. The molecule has 4 rings (SSSR count). The van der Waals surface area contributed by atoms with Gasteiger partial charge in [-0.15, -0.1) is 0 Å². The number of ether oxygens (including phenoxy) is 2. The molecule has 2 aromatic carbocycles. The number of methoxy groups -OCH3 is 1. The Morgan fingerprint density at radius 1 is 1.07 bits per heavy atom. The maximum Gasteiger partial charge on any atom is 0.251 e. The summed E-state index contributed by atoms with van der Waals surface area (Å²) in [6.07, 6.45) is 1.31. The molecule has 1 saturated heterocycles. The van der Waals surface area contributed by atoms with Gasteiger partial charge in [-0.2, -0.15) is 0 Å². The van der Waals surface area contributed by atoms with Gasteiger partial charge < -0.3 is 19.9 Å². The lowest BCUT2D eigenvalue weighted by atomic mass is 9.71. The normalized spacial score (nSPS) is 32.4. The molecule has 0 unspecified atom stereocenters. The second-order valence-electron chi connectivity index (χ2n) is 7.72. The van der Waals surface area contributed by atoms with Crippen LogP contribution in [0.5, 0.6) is 0 Å². The van der Waals surface area contributed by atoms with Crippen LogP contribution in [0.15, 0.2) is 60.7 Å². The fourth-order valence-corrected chi connectivity index (χ4v) is 4.60. The monoisotopic (exact) mass is 381 g/mol. The smallest absolute Gasteiger partial charge is 0.251 e. The maximum absolute atomic E-state index is 12.6. The number of aliphatic hydroxyl groups is 1. The van der Waals surface area contributed by atoms with Crippen molar-refractivity contribution < 1.29 is 19.4 Å². The van der Waals surface area contributed by atoms with Gasteiger partial charge in [-0.1, -0.05) is 48.5 Å². The molecule has 2 fully saturated rings. The largest absolute Gasteiger partial charge is 0.390 e. The third kappa shape index (κ3) is 3.83. The summed E-state index contributed by atoms with van der Waals surface area (Å²) in [4.78, 5) is 12.6. The molecule has 0 bridgehead atoms. The van der Waals surface area contributed by atoms with E-state index in [2.05, 4.69) is 29.6 Å².